The zero-order chi connectivity index (χ0) is 16.0. The molecule has 0 aliphatic rings. The predicted octanol–water partition coefficient (Wildman–Crippen LogP) is -0.729. The van der Waals surface area contributed by atoms with Crippen LogP contribution >= 0.6 is 0 Å². The average molecular weight is 297 g/mol. The Morgan fingerprint density at radius 2 is 2.05 bits per heavy atom. The second-order valence-electron chi connectivity index (χ2n) is 4.69. The van der Waals surface area contributed by atoms with Gasteiger partial charge in [-0.3, -0.25) is 9.59 Å². The van der Waals surface area contributed by atoms with E-state index in [0.717, 1.165) is 0 Å². The summed E-state index contributed by atoms with van der Waals surface area (Å²) in [7, 11) is 0. The van der Waals surface area contributed by atoms with Crippen LogP contribution < -0.4 is 10.9 Å². The van der Waals surface area contributed by atoms with Gasteiger partial charge in [0.05, 0.1) is 0 Å². The molecule has 4 N–H and O–H groups in total. The Bertz CT molecular complexity index is 582. The molecule has 0 aliphatic heterocycles. The molecule has 1 aromatic rings. The van der Waals surface area contributed by atoms with Crippen LogP contribution in [0, 0.1) is 13.8 Å². The van der Waals surface area contributed by atoms with Crippen LogP contribution in [-0.2, 0) is 16.0 Å². The molecule has 116 valence electrons. The topological polar surface area (TPSA) is 132 Å². The van der Waals surface area contributed by atoms with E-state index in [2.05, 4.69) is 15.3 Å². The van der Waals surface area contributed by atoms with Crippen molar-refractivity contribution in [2.45, 2.75) is 39.2 Å². The van der Waals surface area contributed by atoms with Crippen LogP contribution in [0.4, 0.5) is 0 Å². The molecule has 1 aromatic heterocycles. The molecule has 1 rings (SSSR count). The third kappa shape index (κ3) is 4.99. The van der Waals surface area contributed by atoms with Crippen molar-refractivity contribution in [3.05, 3.63) is 27.4 Å². The van der Waals surface area contributed by atoms with Crippen molar-refractivity contribution in [3.8, 4) is 0 Å². The molecule has 0 spiro atoms. The zero-order valence-electron chi connectivity index (χ0n) is 12.0. The molecular formula is C13H19N3O5. The zero-order valence-corrected chi connectivity index (χ0v) is 12.0. The maximum atomic E-state index is 11.8. The van der Waals surface area contributed by atoms with Gasteiger partial charge in [0.15, 0.2) is 0 Å². The predicted molar refractivity (Wildman–Crippen MR) is 73.9 cm³/mol. The minimum atomic E-state index is -1.21. The van der Waals surface area contributed by atoms with Crippen LogP contribution in [-0.4, -0.2) is 44.7 Å². The number of hydrogen-bond donors (Lipinski definition) is 4. The van der Waals surface area contributed by atoms with Gasteiger partial charge < -0.3 is 20.5 Å². The number of hydrogen-bond acceptors (Lipinski definition) is 5. The highest BCUT2D eigenvalue weighted by molar-refractivity contribution is 5.83. The first-order valence-electron chi connectivity index (χ1n) is 6.54. The Balaban J connectivity index is 2.65. The minimum absolute atomic E-state index is 0.0239. The van der Waals surface area contributed by atoms with Crippen molar-refractivity contribution in [3.63, 3.8) is 0 Å². The number of aromatic amines is 1. The fourth-order valence-corrected chi connectivity index (χ4v) is 1.94. The van der Waals surface area contributed by atoms with E-state index in [1.54, 1.807) is 13.8 Å². The third-order valence-electron chi connectivity index (χ3n) is 2.99. The standard InChI is InChI=1S/C13H19N3O5/c1-7-9(12(19)15-8(2)14-7)3-4-11(18)16-10(5-6-17)13(20)21/h10,17H,3-6H2,1-2H3,(H,16,18)(H,20,21)(H,14,15,19)/t10-/m0/s1. The van der Waals surface area contributed by atoms with Crippen molar-refractivity contribution in [1.82, 2.24) is 15.3 Å². The van der Waals surface area contributed by atoms with Gasteiger partial charge in [0.1, 0.15) is 11.9 Å². The molecule has 8 nitrogen and oxygen atoms in total. The molecule has 1 amide bonds. The molecule has 0 bridgehead atoms. The number of carbonyl (C=O) groups excluding carboxylic acids is 1. The number of aliphatic hydroxyl groups is 1. The van der Waals surface area contributed by atoms with E-state index in [9.17, 15) is 14.4 Å². The Morgan fingerprint density at radius 1 is 1.38 bits per heavy atom. The first-order valence-corrected chi connectivity index (χ1v) is 6.54. The summed E-state index contributed by atoms with van der Waals surface area (Å²) in [4.78, 5) is 41.0. The number of aliphatic carboxylic acids is 1. The first kappa shape index (κ1) is 16.8. The summed E-state index contributed by atoms with van der Waals surface area (Å²) in [5, 5.41) is 19.9. The minimum Gasteiger partial charge on any atom is -0.480 e. The van der Waals surface area contributed by atoms with Crippen molar-refractivity contribution < 1.29 is 19.8 Å². The second kappa shape index (κ2) is 7.53. The summed E-state index contributed by atoms with van der Waals surface area (Å²) in [6, 6.07) is -1.13. The normalized spacial score (nSPS) is 12.0. The molecule has 0 saturated heterocycles. The maximum Gasteiger partial charge on any atom is 0.326 e. The highest BCUT2D eigenvalue weighted by Crippen LogP contribution is 2.03. The average Bonchev–Trinajstić information content (AvgIpc) is 2.36. The fraction of sp³-hybridized carbons (Fsp3) is 0.538. The first-order chi connectivity index (χ1) is 9.85. The van der Waals surface area contributed by atoms with Gasteiger partial charge in [-0.15, -0.1) is 0 Å². The highest BCUT2D eigenvalue weighted by atomic mass is 16.4. The maximum absolute atomic E-state index is 11.8. The fourth-order valence-electron chi connectivity index (χ4n) is 1.94. The summed E-state index contributed by atoms with van der Waals surface area (Å²) in [6.45, 7) is 3.01. The van der Waals surface area contributed by atoms with Gasteiger partial charge in [0.25, 0.3) is 5.56 Å². The van der Waals surface area contributed by atoms with E-state index in [-0.39, 0.29) is 31.4 Å². The number of carboxylic acid groups (broad SMARTS) is 1. The Kier molecular flexibility index (Phi) is 6.04. The van der Waals surface area contributed by atoms with Crippen LogP contribution in [0.15, 0.2) is 4.79 Å². The number of carbonyl (C=O) groups is 2. The van der Waals surface area contributed by atoms with Gasteiger partial charge in [0, 0.05) is 30.7 Å². The summed E-state index contributed by atoms with van der Waals surface area (Å²) in [6.07, 6.45) is 0.0857. The quantitative estimate of drug-likeness (QED) is 0.524. The molecule has 0 radical (unpaired) electrons. The molecular weight excluding hydrogens is 278 g/mol. The van der Waals surface area contributed by atoms with Crippen LogP contribution in [0.2, 0.25) is 0 Å². The lowest BCUT2D eigenvalue weighted by atomic mass is 10.1. The van der Waals surface area contributed by atoms with Crippen LogP contribution in [0.1, 0.15) is 29.9 Å². The van der Waals surface area contributed by atoms with Gasteiger partial charge in [-0.2, -0.15) is 0 Å². The number of H-pyrrole nitrogens is 1. The number of carboxylic acids is 1. The van der Waals surface area contributed by atoms with E-state index < -0.39 is 17.9 Å². The summed E-state index contributed by atoms with van der Waals surface area (Å²) in [5.74, 6) is -1.20. The molecule has 1 atom stereocenters. The monoisotopic (exact) mass is 297 g/mol. The van der Waals surface area contributed by atoms with Gasteiger partial charge in [-0.1, -0.05) is 0 Å². The van der Waals surface area contributed by atoms with Crippen LogP contribution in [0.3, 0.4) is 0 Å². The Morgan fingerprint density at radius 3 is 2.57 bits per heavy atom. The summed E-state index contributed by atoms with van der Waals surface area (Å²) in [5.41, 5.74) is 0.664. The van der Waals surface area contributed by atoms with Crippen molar-refractivity contribution in [2.24, 2.45) is 0 Å². The van der Waals surface area contributed by atoms with E-state index in [0.29, 0.717) is 17.1 Å². The molecule has 0 aromatic carbocycles. The molecule has 0 fully saturated rings. The molecule has 0 unspecified atom stereocenters. The molecule has 0 aliphatic carbocycles. The molecule has 1 heterocycles. The van der Waals surface area contributed by atoms with E-state index in [1.807, 2.05) is 0 Å². The number of amides is 1. The molecule has 0 saturated carbocycles. The SMILES string of the molecule is Cc1nc(C)c(CCC(=O)N[C@@H](CCO)C(=O)O)c(=O)[nH]1. The summed E-state index contributed by atoms with van der Waals surface area (Å²) >= 11 is 0. The Labute approximate surface area is 121 Å². The number of aromatic nitrogens is 2. The lowest BCUT2D eigenvalue weighted by molar-refractivity contribution is -0.142. The molecule has 8 heteroatoms. The van der Waals surface area contributed by atoms with Crippen LogP contribution in [0.25, 0.3) is 0 Å². The number of aryl methyl sites for hydroxylation is 2. The van der Waals surface area contributed by atoms with E-state index >= 15 is 0 Å². The van der Waals surface area contributed by atoms with Crippen molar-refractivity contribution in [2.75, 3.05) is 6.61 Å². The number of nitrogens with zero attached hydrogens (tertiary/aromatic N) is 1. The smallest absolute Gasteiger partial charge is 0.326 e. The number of aliphatic hydroxyl groups excluding tert-OH is 1. The highest BCUT2D eigenvalue weighted by Gasteiger charge is 2.19. The lowest BCUT2D eigenvalue weighted by Crippen LogP contribution is -2.41. The second-order valence-corrected chi connectivity index (χ2v) is 4.69. The van der Waals surface area contributed by atoms with Gasteiger partial charge in [-0.05, 0) is 20.3 Å². The third-order valence-corrected chi connectivity index (χ3v) is 2.99. The summed E-state index contributed by atoms with van der Waals surface area (Å²) < 4.78 is 0. The van der Waals surface area contributed by atoms with Crippen LogP contribution in [0.5, 0.6) is 0 Å². The van der Waals surface area contributed by atoms with Crippen molar-refractivity contribution in [1.29, 1.82) is 0 Å². The van der Waals surface area contributed by atoms with E-state index in [1.165, 1.54) is 0 Å². The van der Waals surface area contributed by atoms with Gasteiger partial charge in [-0.25, -0.2) is 9.78 Å². The van der Waals surface area contributed by atoms with Gasteiger partial charge in [0.2, 0.25) is 5.91 Å². The van der Waals surface area contributed by atoms with Crippen molar-refractivity contribution >= 4 is 11.9 Å². The molecule has 21 heavy (non-hydrogen) atoms. The lowest BCUT2D eigenvalue weighted by Gasteiger charge is -2.13. The van der Waals surface area contributed by atoms with E-state index in [4.69, 9.17) is 10.2 Å². The Hall–Kier alpha value is -2.22. The number of nitrogens with one attached hydrogen (secondary N) is 2. The van der Waals surface area contributed by atoms with Gasteiger partial charge >= 0.3 is 5.97 Å². The largest absolute Gasteiger partial charge is 0.480 e. The number of rotatable bonds is 7.